The number of primary sulfonamides is 1. The van der Waals surface area contributed by atoms with Crippen LogP contribution in [0.15, 0.2) is 24.3 Å². The van der Waals surface area contributed by atoms with Crippen molar-refractivity contribution >= 4 is 32.7 Å². The molecule has 0 fully saturated rings. The maximum atomic E-state index is 11.1. The molecule has 1 aromatic carbocycles. The first-order chi connectivity index (χ1) is 9.48. The SMILES string of the molecule is NS(=O)(=O)CCCn1c(=C=O)c2ccccc2c1=C=O. The number of rotatable bonds is 4. The van der Waals surface area contributed by atoms with Crippen LogP contribution >= 0.6 is 0 Å². The molecule has 0 saturated carbocycles. The molecule has 0 aliphatic rings. The number of hydrogen-bond acceptors (Lipinski definition) is 4. The van der Waals surface area contributed by atoms with Crippen molar-refractivity contribution in [1.29, 1.82) is 0 Å². The number of hydrogen-bond donors (Lipinski definition) is 1. The Kier molecular flexibility index (Phi) is 3.88. The molecular formula is C13H12N2O4S. The van der Waals surface area contributed by atoms with Gasteiger partial charge in [-0.05, 0) is 6.42 Å². The van der Waals surface area contributed by atoms with E-state index in [1.54, 1.807) is 36.1 Å². The van der Waals surface area contributed by atoms with Crippen LogP contribution in [0, 0.1) is 0 Å². The highest BCUT2D eigenvalue weighted by Gasteiger charge is 2.09. The van der Waals surface area contributed by atoms with Gasteiger partial charge >= 0.3 is 0 Å². The molecule has 0 radical (unpaired) electrons. The van der Waals surface area contributed by atoms with Gasteiger partial charge in [-0.1, -0.05) is 24.3 Å². The van der Waals surface area contributed by atoms with Crippen molar-refractivity contribution in [2.75, 3.05) is 5.75 Å². The lowest BCUT2D eigenvalue weighted by Gasteiger charge is -2.01. The summed E-state index contributed by atoms with van der Waals surface area (Å²) in [5.74, 6) is 3.36. The van der Waals surface area contributed by atoms with Crippen LogP contribution in [-0.2, 0) is 26.2 Å². The van der Waals surface area contributed by atoms with Gasteiger partial charge in [0.2, 0.25) is 10.0 Å². The van der Waals surface area contributed by atoms with Crippen LogP contribution in [0.25, 0.3) is 10.8 Å². The highest BCUT2D eigenvalue weighted by molar-refractivity contribution is 7.89. The molecule has 104 valence electrons. The zero-order valence-corrected chi connectivity index (χ0v) is 11.3. The number of fused-ring (bicyclic) bond motifs is 1. The number of nitrogens with two attached hydrogens (primary N) is 1. The van der Waals surface area contributed by atoms with Gasteiger partial charge in [0.1, 0.15) is 10.7 Å². The molecule has 0 atom stereocenters. The molecule has 2 rings (SSSR count). The predicted molar refractivity (Wildman–Crippen MR) is 73.4 cm³/mol. The van der Waals surface area contributed by atoms with Crippen LogP contribution in [0.3, 0.4) is 0 Å². The Labute approximate surface area is 114 Å². The summed E-state index contributed by atoms with van der Waals surface area (Å²) in [6.07, 6.45) is 0.198. The molecule has 2 N–H and O–H groups in total. The Morgan fingerprint density at radius 3 is 1.95 bits per heavy atom. The van der Waals surface area contributed by atoms with Crippen LogP contribution in [0.1, 0.15) is 6.42 Å². The fraction of sp³-hybridized carbons (Fsp3) is 0.231. The van der Waals surface area contributed by atoms with Crippen molar-refractivity contribution in [2.24, 2.45) is 5.14 Å². The summed E-state index contributed by atoms with van der Waals surface area (Å²) in [5, 5.41) is 6.54. The van der Waals surface area contributed by atoms with Gasteiger partial charge in [0.15, 0.2) is 11.9 Å². The van der Waals surface area contributed by atoms with Gasteiger partial charge in [-0.25, -0.2) is 23.1 Å². The second kappa shape index (κ2) is 5.45. The average Bonchev–Trinajstić information content (AvgIpc) is 2.70. The molecule has 0 aliphatic heterocycles. The summed E-state index contributed by atoms with van der Waals surface area (Å²) < 4.78 is 23.3. The van der Waals surface area contributed by atoms with Crippen molar-refractivity contribution in [3.8, 4) is 0 Å². The Morgan fingerprint density at radius 1 is 1.05 bits per heavy atom. The number of sulfonamides is 1. The molecule has 0 saturated heterocycles. The van der Waals surface area contributed by atoms with Gasteiger partial charge in [-0.15, -0.1) is 0 Å². The van der Waals surface area contributed by atoms with Gasteiger partial charge in [-0.3, -0.25) is 0 Å². The summed E-state index contributed by atoms with van der Waals surface area (Å²) in [7, 11) is -3.57. The molecule has 1 aromatic heterocycles. The number of carbonyl (C=O) groups excluding carboxylic acids is 2. The average molecular weight is 292 g/mol. The first-order valence-corrected chi connectivity index (χ1v) is 7.57. The minimum Gasteiger partial charge on any atom is -0.322 e. The Balaban J connectivity index is 2.59. The topological polar surface area (TPSA) is 99.2 Å². The van der Waals surface area contributed by atoms with E-state index in [4.69, 9.17) is 5.14 Å². The van der Waals surface area contributed by atoms with Gasteiger partial charge in [0.05, 0.1) is 5.75 Å². The van der Waals surface area contributed by atoms with Gasteiger partial charge < -0.3 is 4.57 Å². The molecule has 6 nitrogen and oxygen atoms in total. The van der Waals surface area contributed by atoms with Gasteiger partial charge in [0.25, 0.3) is 0 Å². The lowest BCUT2D eigenvalue weighted by molar-refractivity contribution is 0.556. The molecule has 0 unspecified atom stereocenters. The molecule has 0 amide bonds. The first-order valence-electron chi connectivity index (χ1n) is 5.86. The highest BCUT2D eigenvalue weighted by atomic mass is 32.2. The van der Waals surface area contributed by atoms with E-state index in [-0.39, 0.29) is 29.4 Å². The fourth-order valence-electron chi connectivity index (χ4n) is 2.17. The van der Waals surface area contributed by atoms with Crippen LogP contribution < -0.4 is 15.8 Å². The molecule has 2 aromatic rings. The third kappa shape index (κ3) is 2.71. The number of nitrogens with zero attached hydrogens (tertiary/aromatic N) is 1. The van der Waals surface area contributed by atoms with Crippen molar-refractivity contribution in [2.45, 2.75) is 13.0 Å². The molecular weight excluding hydrogens is 280 g/mol. The van der Waals surface area contributed by atoms with Crippen molar-refractivity contribution in [3.05, 3.63) is 35.0 Å². The number of aromatic nitrogens is 1. The lowest BCUT2D eigenvalue weighted by Crippen LogP contribution is -2.30. The minimum atomic E-state index is -3.57. The van der Waals surface area contributed by atoms with E-state index in [2.05, 4.69) is 0 Å². The Bertz CT molecular complexity index is 860. The lowest BCUT2D eigenvalue weighted by atomic mass is 10.2. The molecule has 20 heavy (non-hydrogen) atoms. The third-order valence-electron chi connectivity index (χ3n) is 2.98. The highest BCUT2D eigenvalue weighted by Crippen LogP contribution is 2.04. The normalized spacial score (nSPS) is 11.2. The predicted octanol–water partition coefficient (Wildman–Crippen LogP) is -1.67. The summed E-state index contributed by atoms with van der Waals surface area (Å²) in [6.45, 7) is 0.181. The maximum Gasteiger partial charge on any atom is 0.209 e. The van der Waals surface area contributed by atoms with E-state index in [1.807, 2.05) is 0 Å². The van der Waals surface area contributed by atoms with Crippen molar-refractivity contribution in [3.63, 3.8) is 0 Å². The summed E-state index contributed by atoms with van der Waals surface area (Å²) in [6, 6.07) is 6.89. The van der Waals surface area contributed by atoms with E-state index < -0.39 is 10.0 Å². The van der Waals surface area contributed by atoms with Gasteiger partial charge in [-0.2, -0.15) is 0 Å². The molecule has 7 heteroatoms. The smallest absolute Gasteiger partial charge is 0.209 e. The van der Waals surface area contributed by atoms with Crippen LogP contribution in [0.2, 0.25) is 0 Å². The summed E-state index contributed by atoms with van der Waals surface area (Å²) in [4.78, 5) is 22.2. The zero-order chi connectivity index (χ0) is 14.8. The quantitative estimate of drug-likeness (QED) is 0.728. The molecule has 0 bridgehead atoms. The third-order valence-corrected chi connectivity index (χ3v) is 3.84. The molecule has 0 aliphatic carbocycles. The van der Waals surface area contributed by atoms with E-state index >= 15 is 0 Å². The molecule has 1 heterocycles. The largest absolute Gasteiger partial charge is 0.322 e. The fourth-order valence-corrected chi connectivity index (χ4v) is 2.70. The molecule has 0 spiro atoms. The summed E-state index contributed by atoms with van der Waals surface area (Å²) >= 11 is 0. The van der Waals surface area contributed by atoms with Crippen LogP contribution in [0.5, 0.6) is 0 Å². The van der Waals surface area contributed by atoms with Gasteiger partial charge in [0, 0.05) is 17.3 Å². The van der Waals surface area contributed by atoms with Crippen molar-refractivity contribution in [1.82, 2.24) is 4.57 Å². The second-order valence-electron chi connectivity index (χ2n) is 4.32. The van der Waals surface area contributed by atoms with Crippen LogP contribution in [0.4, 0.5) is 0 Å². The summed E-state index contributed by atoms with van der Waals surface area (Å²) in [5.41, 5.74) is 0. The van der Waals surface area contributed by atoms with E-state index in [9.17, 15) is 18.0 Å². The van der Waals surface area contributed by atoms with Crippen LogP contribution in [-0.4, -0.2) is 30.6 Å². The van der Waals surface area contributed by atoms with E-state index in [1.165, 1.54) is 4.57 Å². The standard InChI is InChI=1S/C13H12N2O4S/c14-20(18,19)7-3-6-15-12(8-16)10-4-1-2-5-11(10)13(15)9-17/h1-2,4-5H,3,6-7H2,(H2,14,18,19). The zero-order valence-electron chi connectivity index (χ0n) is 10.5. The minimum absolute atomic E-state index is 0.181. The Hall–Kier alpha value is -2.17. The van der Waals surface area contributed by atoms with E-state index in [0.717, 1.165) is 0 Å². The maximum absolute atomic E-state index is 11.1. The Morgan fingerprint density at radius 2 is 1.55 bits per heavy atom. The second-order valence-corrected chi connectivity index (χ2v) is 6.05. The monoisotopic (exact) mass is 292 g/mol. The van der Waals surface area contributed by atoms with E-state index in [0.29, 0.717) is 10.8 Å². The number of benzene rings is 1. The van der Waals surface area contributed by atoms with Crippen molar-refractivity contribution < 1.29 is 18.0 Å². The first kappa shape index (κ1) is 14.2.